The first-order valence-electron chi connectivity index (χ1n) is 7.90. The number of halogens is 1. The molecule has 3 heteroatoms. The highest BCUT2D eigenvalue weighted by Gasteiger charge is 2.39. The summed E-state index contributed by atoms with van der Waals surface area (Å²) < 4.78 is 5.77. The van der Waals surface area contributed by atoms with Crippen molar-refractivity contribution in [3.05, 3.63) is 46.5 Å². The van der Waals surface area contributed by atoms with Gasteiger partial charge in [-0.3, -0.25) is 0 Å². The number of carbonyl (C=O) groups is 1. The molecule has 1 aliphatic rings. The Morgan fingerprint density at radius 2 is 2.00 bits per heavy atom. The number of benzene rings is 1. The minimum absolute atomic E-state index is 0.0492. The lowest BCUT2D eigenvalue weighted by Crippen LogP contribution is -2.39. The van der Waals surface area contributed by atoms with Crippen LogP contribution in [-0.2, 0) is 4.74 Å². The van der Waals surface area contributed by atoms with Crippen LogP contribution in [0.25, 0.3) is 0 Å². The van der Waals surface area contributed by atoms with Crippen molar-refractivity contribution in [1.82, 2.24) is 0 Å². The van der Waals surface area contributed by atoms with Crippen molar-refractivity contribution in [3.63, 3.8) is 0 Å². The molecule has 0 heterocycles. The molecule has 0 saturated carbocycles. The molecule has 23 heavy (non-hydrogen) atoms. The first-order chi connectivity index (χ1) is 10.8. The summed E-state index contributed by atoms with van der Waals surface area (Å²) in [6.07, 6.45) is 3.92. The molecule has 0 amide bonds. The number of ether oxygens (including phenoxy) is 1. The van der Waals surface area contributed by atoms with Crippen LogP contribution < -0.4 is 0 Å². The van der Waals surface area contributed by atoms with E-state index in [4.69, 9.17) is 16.3 Å². The summed E-state index contributed by atoms with van der Waals surface area (Å²) in [5, 5.41) is 0.596. The Balaban J connectivity index is 2.26. The Morgan fingerprint density at radius 1 is 1.35 bits per heavy atom. The van der Waals surface area contributed by atoms with Crippen LogP contribution in [0.5, 0.6) is 0 Å². The van der Waals surface area contributed by atoms with E-state index in [9.17, 15) is 4.79 Å². The average Bonchev–Trinajstić information content (AvgIpc) is 2.47. The molecule has 2 rings (SSSR count). The van der Waals surface area contributed by atoms with Gasteiger partial charge in [-0.2, -0.15) is 0 Å². The lowest BCUT2D eigenvalue weighted by molar-refractivity contribution is 0.0152. The van der Waals surface area contributed by atoms with Gasteiger partial charge in [-0.1, -0.05) is 43.0 Å². The van der Waals surface area contributed by atoms with Crippen LogP contribution in [0.4, 0.5) is 0 Å². The molecule has 0 spiro atoms. The number of hydrogen-bond acceptors (Lipinski definition) is 2. The third-order valence-electron chi connectivity index (χ3n) is 4.49. The summed E-state index contributed by atoms with van der Waals surface area (Å²) >= 11 is 5.87. The highest BCUT2D eigenvalue weighted by molar-refractivity contribution is 6.30. The smallest absolute Gasteiger partial charge is 0.339 e. The predicted octanol–water partition coefficient (Wildman–Crippen LogP) is 5.27. The van der Waals surface area contributed by atoms with Crippen molar-refractivity contribution in [1.29, 1.82) is 0 Å². The monoisotopic (exact) mass is 330 g/mol. The molecular formula is C20H23ClO2. The first-order valence-corrected chi connectivity index (χ1v) is 8.28. The zero-order valence-corrected chi connectivity index (χ0v) is 14.9. The highest BCUT2D eigenvalue weighted by Crippen LogP contribution is 2.43. The number of hydrogen-bond donors (Lipinski definition) is 0. The predicted molar refractivity (Wildman–Crippen MR) is 94.4 cm³/mol. The van der Waals surface area contributed by atoms with Gasteiger partial charge < -0.3 is 4.74 Å². The molecule has 0 fully saturated rings. The van der Waals surface area contributed by atoms with Gasteiger partial charge >= 0.3 is 5.97 Å². The maximum atomic E-state index is 12.4. The molecule has 0 bridgehead atoms. The van der Waals surface area contributed by atoms with Crippen molar-refractivity contribution in [2.45, 2.75) is 46.6 Å². The van der Waals surface area contributed by atoms with Crippen LogP contribution in [0, 0.1) is 23.2 Å². The fourth-order valence-corrected chi connectivity index (χ4v) is 3.44. The molecule has 0 N–H and O–H groups in total. The number of allylic oxidation sites excluding steroid dienone is 1. The Morgan fingerprint density at radius 3 is 2.57 bits per heavy atom. The molecule has 2 nitrogen and oxygen atoms in total. The van der Waals surface area contributed by atoms with E-state index in [2.05, 4.69) is 38.7 Å². The summed E-state index contributed by atoms with van der Waals surface area (Å²) in [6.45, 7) is 8.31. The minimum Gasteiger partial charge on any atom is -0.445 e. The Hall–Kier alpha value is -1.72. The van der Waals surface area contributed by atoms with Crippen molar-refractivity contribution >= 4 is 17.6 Å². The largest absolute Gasteiger partial charge is 0.445 e. The topological polar surface area (TPSA) is 26.3 Å². The second kappa shape index (κ2) is 7.23. The molecule has 0 aromatic heterocycles. The van der Waals surface area contributed by atoms with Gasteiger partial charge in [0.1, 0.15) is 0 Å². The number of esters is 1. The molecule has 0 aliphatic heterocycles. The minimum atomic E-state index is -0.435. The van der Waals surface area contributed by atoms with Crippen molar-refractivity contribution < 1.29 is 9.53 Å². The van der Waals surface area contributed by atoms with Gasteiger partial charge in [0, 0.05) is 10.9 Å². The van der Waals surface area contributed by atoms with Crippen LogP contribution in [0.1, 0.15) is 50.9 Å². The second-order valence-corrected chi connectivity index (χ2v) is 7.12. The van der Waals surface area contributed by atoms with E-state index >= 15 is 0 Å². The van der Waals surface area contributed by atoms with Gasteiger partial charge in [-0.05, 0) is 56.4 Å². The van der Waals surface area contributed by atoms with Gasteiger partial charge in [0.05, 0.1) is 5.56 Å². The normalized spacial score (nSPS) is 20.7. The van der Waals surface area contributed by atoms with Crippen LogP contribution >= 0.6 is 11.6 Å². The zero-order valence-electron chi connectivity index (χ0n) is 14.2. The molecule has 1 aromatic carbocycles. The Bertz CT molecular complexity index is 659. The van der Waals surface area contributed by atoms with E-state index in [-0.39, 0.29) is 17.3 Å². The quantitative estimate of drug-likeness (QED) is 0.428. The van der Waals surface area contributed by atoms with Crippen LogP contribution in [0.3, 0.4) is 0 Å². The lowest BCUT2D eigenvalue weighted by atomic mass is 9.66. The summed E-state index contributed by atoms with van der Waals surface area (Å²) in [7, 11) is 0. The fraction of sp³-hybridized carbons (Fsp3) is 0.450. The third kappa shape index (κ3) is 4.18. The molecule has 2 atom stereocenters. The van der Waals surface area contributed by atoms with Gasteiger partial charge in [-0.25, -0.2) is 4.79 Å². The lowest BCUT2D eigenvalue weighted by Gasteiger charge is -2.40. The average molecular weight is 331 g/mol. The fourth-order valence-electron chi connectivity index (χ4n) is 3.31. The Labute approximate surface area is 143 Å². The molecule has 122 valence electrons. The van der Waals surface area contributed by atoms with Gasteiger partial charge in [-0.15, -0.1) is 5.92 Å². The zero-order chi connectivity index (χ0) is 17.0. The molecular weight excluding hydrogens is 308 g/mol. The molecule has 0 radical (unpaired) electrons. The summed E-state index contributed by atoms with van der Waals surface area (Å²) in [5.74, 6) is 5.76. The molecule has 1 aliphatic carbocycles. The van der Waals surface area contributed by atoms with Crippen LogP contribution in [-0.4, -0.2) is 12.1 Å². The molecule has 1 aromatic rings. The van der Waals surface area contributed by atoms with E-state index in [1.165, 1.54) is 5.57 Å². The van der Waals surface area contributed by atoms with Gasteiger partial charge in [0.2, 0.25) is 0 Å². The van der Waals surface area contributed by atoms with E-state index < -0.39 is 6.10 Å². The molecule has 2 unspecified atom stereocenters. The van der Waals surface area contributed by atoms with Crippen LogP contribution in [0.15, 0.2) is 35.9 Å². The SMILES string of the molecule is CC#CC(OC(=O)c1ccc(Cl)cc1)C1C(C)=CCCC1(C)C. The van der Waals surface area contributed by atoms with Crippen LogP contribution in [0.2, 0.25) is 5.02 Å². The van der Waals surface area contributed by atoms with E-state index in [0.29, 0.717) is 10.6 Å². The Kier molecular flexibility index (Phi) is 5.55. The summed E-state index contributed by atoms with van der Waals surface area (Å²) in [4.78, 5) is 12.4. The van der Waals surface area contributed by atoms with Crippen molar-refractivity contribution in [2.24, 2.45) is 11.3 Å². The number of carbonyl (C=O) groups excluding carboxylic acids is 1. The van der Waals surface area contributed by atoms with E-state index in [1.807, 2.05) is 0 Å². The van der Waals surface area contributed by atoms with E-state index in [1.54, 1.807) is 31.2 Å². The highest BCUT2D eigenvalue weighted by atomic mass is 35.5. The first kappa shape index (κ1) is 17.6. The number of rotatable bonds is 3. The summed E-state index contributed by atoms with van der Waals surface area (Å²) in [5.41, 5.74) is 1.79. The van der Waals surface area contributed by atoms with Crippen molar-refractivity contribution in [3.8, 4) is 11.8 Å². The van der Waals surface area contributed by atoms with Gasteiger partial charge in [0.15, 0.2) is 6.10 Å². The molecule has 0 saturated heterocycles. The van der Waals surface area contributed by atoms with Gasteiger partial charge in [0.25, 0.3) is 0 Å². The second-order valence-electron chi connectivity index (χ2n) is 6.68. The maximum absolute atomic E-state index is 12.4. The summed E-state index contributed by atoms with van der Waals surface area (Å²) in [6, 6.07) is 6.73. The standard InChI is InChI=1S/C20H23ClO2/c1-5-7-17(18-14(2)8-6-13-20(18,3)4)23-19(22)15-9-11-16(21)12-10-15/h8-12,17-18H,6,13H2,1-4H3. The van der Waals surface area contributed by atoms with Crippen molar-refractivity contribution in [2.75, 3.05) is 0 Å². The van der Waals surface area contributed by atoms with E-state index in [0.717, 1.165) is 12.8 Å². The third-order valence-corrected chi connectivity index (χ3v) is 4.74. The maximum Gasteiger partial charge on any atom is 0.339 e.